The molecule has 0 saturated heterocycles. The second kappa shape index (κ2) is 6.20. The average Bonchev–Trinajstić information content (AvgIpc) is 2.73. The van der Waals surface area contributed by atoms with E-state index in [1.807, 2.05) is 37.3 Å². The van der Waals surface area contributed by atoms with Gasteiger partial charge in [-0.25, -0.2) is 4.79 Å². The van der Waals surface area contributed by atoms with E-state index in [-0.39, 0.29) is 0 Å². The van der Waals surface area contributed by atoms with Crippen LogP contribution in [0.25, 0.3) is 11.1 Å². The molecule has 1 aromatic carbocycles. The van der Waals surface area contributed by atoms with Crippen LogP contribution in [0.5, 0.6) is 0 Å². The Bertz CT molecular complexity index is 722. The largest absolute Gasteiger partial charge is 0.444 e. The first-order valence-electron chi connectivity index (χ1n) is 6.90. The monoisotopic (exact) mass is 314 g/mol. The van der Waals surface area contributed by atoms with E-state index in [0.29, 0.717) is 10.6 Å². The number of hydrogen-bond donors (Lipinski definition) is 1. The number of rotatable bonds is 2. The molecule has 1 heterocycles. The van der Waals surface area contributed by atoms with Crippen LogP contribution in [0.15, 0.2) is 30.3 Å². The minimum absolute atomic E-state index is 0.472. The van der Waals surface area contributed by atoms with E-state index in [4.69, 9.17) is 4.74 Å². The van der Waals surface area contributed by atoms with Gasteiger partial charge in [-0.1, -0.05) is 30.3 Å². The maximum absolute atomic E-state index is 11.9. The quantitative estimate of drug-likeness (QED) is 0.853. The lowest BCUT2D eigenvalue weighted by Crippen LogP contribution is -2.27. The molecule has 0 radical (unpaired) electrons. The Morgan fingerprint density at radius 1 is 1.27 bits per heavy atom. The van der Waals surface area contributed by atoms with Crippen molar-refractivity contribution >= 4 is 22.4 Å². The smallest absolute Gasteiger partial charge is 0.412 e. The van der Waals surface area contributed by atoms with Gasteiger partial charge in [0.1, 0.15) is 16.7 Å². The third-order valence-electron chi connectivity index (χ3n) is 2.87. The summed E-state index contributed by atoms with van der Waals surface area (Å²) in [5.74, 6) is 0. The summed E-state index contributed by atoms with van der Waals surface area (Å²) in [5.41, 5.74) is 1.72. The lowest BCUT2D eigenvalue weighted by atomic mass is 10.0. The summed E-state index contributed by atoms with van der Waals surface area (Å²) >= 11 is 1.38. The summed E-state index contributed by atoms with van der Waals surface area (Å²) in [6.07, 6.45) is -0.551. The minimum atomic E-state index is -0.578. The molecule has 0 aliphatic rings. The number of hydrogen-bond acceptors (Lipinski definition) is 4. The third-order valence-corrected chi connectivity index (χ3v) is 3.89. The van der Waals surface area contributed by atoms with Gasteiger partial charge < -0.3 is 4.74 Å². The van der Waals surface area contributed by atoms with Crippen molar-refractivity contribution in [2.45, 2.75) is 33.3 Å². The number of thiophene rings is 1. The lowest BCUT2D eigenvalue weighted by Gasteiger charge is -2.19. The standard InChI is InChI=1S/C17H18N2O2S/c1-11-14(12-8-6-5-7-9-12)13(10-18)15(22-11)19-16(20)21-17(2,3)4/h5-9H,1-4H3,(H,19,20). The van der Waals surface area contributed by atoms with Gasteiger partial charge in [0.2, 0.25) is 0 Å². The van der Waals surface area contributed by atoms with Crippen molar-refractivity contribution in [3.05, 3.63) is 40.8 Å². The van der Waals surface area contributed by atoms with E-state index in [1.54, 1.807) is 20.8 Å². The van der Waals surface area contributed by atoms with Crippen molar-refractivity contribution < 1.29 is 9.53 Å². The van der Waals surface area contributed by atoms with Crippen molar-refractivity contribution in [1.29, 1.82) is 5.26 Å². The number of carbonyl (C=O) groups excluding carboxylic acids is 1. The Hall–Kier alpha value is -2.32. The lowest BCUT2D eigenvalue weighted by molar-refractivity contribution is 0.0636. The van der Waals surface area contributed by atoms with Crippen LogP contribution in [0.3, 0.4) is 0 Å². The Kier molecular flexibility index (Phi) is 4.53. The van der Waals surface area contributed by atoms with E-state index in [0.717, 1.165) is 16.0 Å². The molecule has 22 heavy (non-hydrogen) atoms. The van der Waals surface area contributed by atoms with Gasteiger partial charge in [-0.3, -0.25) is 5.32 Å². The Morgan fingerprint density at radius 2 is 1.91 bits per heavy atom. The molecule has 0 spiro atoms. The zero-order valence-electron chi connectivity index (χ0n) is 13.1. The van der Waals surface area contributed by atoms with Crippen LogP contribution in [-0.4, -0.2) is 11.7 Å². The van der Waals surface area contributed by atoms with E-state index in [1.165, 1.54) is 11.3 Å². The number of ether oxygens (including phenoxy) is 1. The summed E-state index contributed by atoms with van der Waals surface area (Å²) in [6, 6.07) is 11.9. The molecule has 5 heteroatoms. The molecule has 0 atom stereocenters. The zero-order valence-corrected chi connectivity index (χ0v) is 13.9. The number of carbonyl (C=O) groups is 1. The first-order valence-corrected chi connectivity index (χ1v) is 7.72. The molecule has 4 nitrogen and oxygen atoms in total. The minimum Gasteiger partial charge on any atom is -0.444 e. The van der Waals surface area contributed by atoms with Crippen molar-refractivity contribution in [1.82, 2.24) is 0 Å². The molecule has 0 bridgehead atoms. The zero-order chi connectivity index (χ0) is 16.3. The average molecular weight is 314 g/mol. The fraction of sp³-hybridized carbons (Fsp3) is 0.294. The molecule has 0 saturated carbocycles. The number of anilines is 1. The number of benzene rings is 1. The molecule has 0 fully saturated rings. The van der Waals surface area contributed by atoms with Crippen LogP contribution in [0.2, 0.25) is 0 Å². The van der Waals surface area contributed by atoms with Crippen molar-refractivity contribution in [2.75, 3.05) is 5.32 Å². The Labute approximate surface area is 134 Å². The molecular weight excluding hydrogens is 296 g/mol. The van der Waals surface area contributed by atoms with Gasteiger partial charge in [-0.05, 0) is 33.3 Å². The highest BCUT2D eigenvalue weighted by atomic mass is 32.1. The van der Waals surface area contributed by atoms with Gasteiger partial charge in [0.25, 0.3) is 0 Å². The topological polar surface area (TPSA) is 62.1 Å². The number of aryl methyl sites for hydroxylation is 1. The Balaban J connectivity index is 2.36. The molecule has 1 N–H and O–H groups in total. The molecular formula is C17H18N2O2S. The van der Waals surface area contributed by atoms with Gasteiger partial charge in [0.15, 0.2) is 0 Å². The molecule has 0 aliphatic heterocycles. The molecule has 1 aromatic heterocycles. The van der Waals surface area contributed by atoms with E-state index >= 15 is 0 Å². The highest BCUT2D eigenvalue weighted by Gasteiger charge is 2.21. The molecule has 1 amide bonds. The first kappa shape index (κ1) is 16.1. The fourth-order valence-corrected chi connectivity index (χ4v) is 3.10. The van der Waals surface area contributed by atoms with Crippen LogP contribution in [0, 0.1) is 18.3 Å². The molecule has 0 unspecified atom stereocenters. The van der Waals surface area contributed by atoms with Crippen molar-refractivity contribution in [3.8, 4) is 17.2 Å². The number of nitriles is 1. The van der Waals surface area contributed by atoms with E-state index < -0.39 is 11.7 Å². The van der Waals surface area contributed by atoms with E-state index in [9.17, 15) is 10.1 Å². The van der Waals surface area contributed by atoms with Gasteiger partial charge in [-0.15, -0.1) is 11.3 Å². The summed E-state index contributed by atoms with van der Waals surface area (Å²) in [6.45, 7) is 7.33. The predicted octanol–water partition coefficient (Wildman–Crippen LogP) is 4.94. The molecule has 2 aromatic rings. The van der Waals surface area contributed by atoms with E-state index in [2.05, 4.69) is 11.4 Å². The number of nitrogens with one attached hydrogen (secondary N) is 1. The van der Waals surface area contributed by atoms with Gasteiger partial charge in [0.05, 0.1) is 5.56 Å². The summed E-state index contributed by atoms with van der Waals surface area (Å²) in [4.78, 5) is 12.9. The fourth-order valence-electron chi connectivity index (χ4n) is 2.09. The molecule has 2 rings (SSSR count). The summed E-state index contributed by atoms with van der Waals surface area (Å²) < 4.78 is 5.24. The van der Waals surface area contributed by atoms with Crippen molar-refractivity contribution in [2.24, 2.45) is 0 Å². The maximum Gasteiger partial charge on any atom is 0.412 e. The van der Waals surface area contributed by atoms with Crippen molar-refractivity contribution in [3.63, 3.8) is 0 Å². The number of amides is 1. The SMILES string of the molecule is Cc1sc(NC(=O)OC(C)(C)C)c(C#N)c1-c1ccccc1. The molecule has 0 aliphatic carbocycles. The summed E-state index contributed by atoms with van der Waals surface area (Å²) in [7, 11) is 0. The summed E-state index contributed by atoms with van der Waals surface area (Å²) in [5, 5.41) is 12.7. The van der Waals surface area contributed by atoms with Crippen LogP contribution in [0.1, 0.15) is 31.2 Å². The highest BCUT2D eigenvalue weighted by Crippen LogP contribution is 2.39. The maximum atomic E-state index is 11.9. The third kappa shape index (κ3) is 3.66. The Morgan fingerprint density at radius 3 is 2.45 bits per heavy atom. The van der Waals surface area contributed by atoms with Gasteiger partial charge in [-0.2, -0.15) is 5.26 Å². The second-order valence-electron chi connectivity index (χ2n) is 5.84. The first-order chi connectivity index (χ1) is 10.3. The predicted molar refractivity (Wildman–Crippen MR) is 89.1 cm³/mol. The van der Waals surface area contributed by atoms with Crippen LogP contribution in [-0.2, 0) is 4.74 Å². The van der Waals surface area contributed by atoms with Crippen LogP contribution in [0.4, 0.5) is 9.80 Å². The van der Waals surface area contributed by atoms with Gasteiger partial charge >= 0.3 is 6.09 Å². The highest BCUT2D eigenvalue weighted by molar-refractivity contribution is 7.17. The van der Waals surface area contributed by atoms with Crippen LogP contribution >= 0.6 is 11.3 Å². The number of nitrogens with zero attached hydrogens (tertiary/aromatic N) is 1. The molecule has 114 valence electrons. The van der Waals surface area contributed by atoms with Crippen LogP contribution < -0.4 is 5.32 Å². The second-order valence-corrected chi connectivity index (χ2v) is 7.07. The normalized spacial score (nSPS) is 10.9. The van der Waals surface area contributed by atoms with Gasteiger partial charge in [0, 0.05) is 10.4 Å².